The molecule has 0 atom stereocenters. The fourth-order valence-corrected chi connectivity index (χ4v) is 4.92. The first-order valence-electron chi connectivity index (χ1n) is 12.0. The second-order valence-corrected chi connectivity index (χ2v) is 9.63. The number of tetrazole rings is 1. The minimum Gasteiger partial charge on any atom is -0.368 e. The average molecular weight is 514 g/mol. The van der Waals surface area contributed by atoms with E-state index < -0.39 is 0 Å². The van der Waals surface area contributed by atoms with Crippen LogP contribution in [0, 0.1) is 6.92 Å². The molecule has 1 fully saturated rings. The van der Waals surface area contributed by atoms with Crippen LogP contribution in [-0.4, -0.2) is 68.9 Å². The molecule has 0 unspecified atom stereocenters. The van der Waals surface area contributed by atoms with Crippen molar-refractivity contribution in [2.45, 2.75) is 12.1 Å². The molecule has 0 radical (unpaired) electrons. The zero-order valence-corrected chi connectivity index (χ0v) is 21.3. The van der Waals surface area contributed by atoms with Gasteiger partial charge < -0.3 is 15.1 Å². The van der Waals surface area contributed by atoms with E-state index in [0.29, 0.717) is 18.2 Å². The van der Waals surface area contributed by atoms with Gasteiger partial charge in [0.1, 0.15) is 0 Å². The third-order valence-electron chi connectivity index (χ3n) is 6.23. The number of carbonyl (C=O) groups is 2. The van der Waals surface area contributed by atoms with Crippen molar-refractivity contribution in [3.63, 3.8) is 0 Å². The highest BCUT2D eigenvalue weighted by Gasteiger charge is 2.23. The Balaban J connectivity index is 1.11. The van der Waals surface area contributed by atoms with Gasteiger partial charge in [0.05, 0.1) is 11.4 Å². The number of rotatable bonds is 7. The lowest BCUT2D eigenvalue weighted by Gasteiger charge is -2.36. The van der Waals surface area contributed by atoms with E-state index in [4.69, 9.17) is 0 Å². The Kier molecular flexibility index (Phi) is 7.46. The van der Waals surface area contributed by atoms with Crippen LogP contribution in [0.4, 0.5) is 11.4 Å². The van der Waals surface area contributed by atoms with Crippen LogP contribution in [0.15, 0.2) is 84.0 Å². The Labute approximate surface area is 219 Å². The summed E-state index contributed by atoms with van der Waals surface area (Å²) in [4.78, 5) is 29.6. The summed E-state index contributed by atoms with van der Waals surface area (Å²) in [7, 11) is 0. The topological polar surface area (TPSA) is 96.2 Å². The number of hydrogen-bond donors (Lipinski definition) is 1. The maximum absolute atomic E-state index is 12.9. The molecule has 0 bridgehead atoms. The van der Waals surface area contributed by atoms with Crippen molar-refractivity contribution in [1.82, 2.24) is 25.1 Å². The second-order valence-electron chi connectivity index (χ2n) is 8.69. The maximum atomic E-state index is 12.9. The molecule has 0 aliphatic carbocycles. The first-order chi connectivity index (χ1) is 18.1. The molecule has 1 aromatic heterocycles. The number of carbonyl (C=O) groups excluding carboxylic acids is 2. The number of benzene rings is 3. The molecule has 0 spiro atoms. The Hall–Kier alpha value is -4.18. The molecule has 1 N–H and O–H groups in total. The summed E-state index contributed by atoms with van der Waals surface area (Å²) < 4.78 is 1.61. The first kappa shape index (κ1) is 24.5. The predicted octanol–water partition coefficient (Wildman–Crippen LogP) is 3.66. The molecule has 188 valence electrons. The third kappa shape index (κ3) is 5.80. The number of aryl methyl sites for hydroxylation is 1. The number of para-hydroxylation sites is 1. The van der Waals surface area contributed by atoms with Crippen molar-refractivity contribution in [1.29, 1.82) is 0 Å². The number of thioether (sulfide) groups is 1. The third-order valence-corrected chi connectivity index (χ3v) is 7.15. The predicted molar refractivity (Wildman–Crippen MR) is 144 cm³/mol. The summed E-state index contributed by atoms with van der Waals surface area (Å²) in [6.07, 6.45) is 0. The van der Waals surface area contributed by atoms with Gasteiger partial charge in [-0.2, -0.15) is 4.68 Å². The van der Waals surface area contributed by atoms with E-state index in [9.17, 15) is 9.59 Å². The molecule has 37 heavy (non-hydrogen) atoms. The van der Waals surface area contributed by atoms with Crippen LogP contribution in [0.2, 0.25) is 0 Å². The van der Waals surface area contributed by atoms with Gasteiger partial charge in [-0.15, -0.1) is 5.10 Å². The molecule has 2 amide bonds. The van der Waals surface area contributed by atoms with Crippen molar-refractivity contribution in [3.8, 4) is 5.69 Å². The molecule has 4 aromatic rings. The Morgan fingerprint density at radius 2 is 1.57 bits per heavy atom. The van der Waals surface area contributed by atoms with Crippen molar-refractivity contribution in [2.75, 3.05) is 42.1 Å². The molecule has 2 heterocycles. The number of amides is 2. The molecule has 0 saturated carbocycles. The van der Waals surface area contributed by atoms with Gasteiger partial charge in [0, 0.05) is 43.1 Å². The van der Waals surface area contributed by atoms with Gasteiger partial charge in [-0.25, -0.2) is 0 Å². The number of aromatic nitrogens is 4. The molecule has 1 aliphatic rings. The summed E-state index contributed by atoms with van der Waals surface area (Å²) in [5, 5.41) is 15.3. The lowest BCUT2D eigenvalue weighted by molar-refractivity contribution is -0.113. The maximum Gasteiger partial charge on any atom is 0.254 e. The van der Waals surface area contributed by atoms with Crippen LogP contribution in [0.5, 0.6) is 0 Å². The largest absolute Gasteiger partial charge is 0.368 e. The molecule has 10 heteroatoms. The van der Waals surface area contributed by atoms with Gasteiger partial charge >= 0.3 is 0 Å². The van der Waals surface area contributed by atoms with Crippen LogP contribution in [0.3, 0.4) is 0 Å². The van der Waals surface area contributed by atoms with Crippen LogP contribution < -0.4 is 10.2 Å². The number of nitrogens with one attached hydrogen (secondary N) is 1. The van der Waals surface area contributed by atoms with Crippen LogP contribution in [0.25, 0.3) is 5.69 Å². The van der Waals surface area contributed by atoms with Crippen molar-refractivity contribution < 1.29 is 9.59 Å². The zero-order chi connectivity index (χ0) is 25.6. The summed E-state index contributed by atoms with van der Waals surface area (Å²) in [5.41, 5.74) is 4.40. The van der Waals surface area contributed by atoms with E-state index in [1.54, 1.807) is 4.68 Å². The monoisotopic (exact) mass is 513 g/mol. The Bertz CT molecular complexity index is 1370. The highest BCUT2D eigenvalue weighted by atomic mass is 32.2. The van der Waals surface area contributed by atoms with E-state index in [1.165, 1.54) is 11.8 Å². The summed E-state index contributed by atoms with van der Waals surface area (Å²) >= 11 is 1.28. The Morgan fingerprint density at radius 3 is 2.30 bits per heavy atom. The molecule has 1 saturated heterocycles. The molecule has 1 aliphatic heterocycles. The van der Waals surface area contributed by atoms with Crippen molar-refractivity contribution in [3.05, 3.63) is 90.0 Å². The average Bonchev–Trinajstić information content (AvgIpc) is 3.42. The second kappa shape index (κ2) is 11.3. The van der Waals surface area contributed by atoms with Crippen LogP contribution in [-0.2, 0) is 4.79 Å². The molecule has 9 nitrogen and oxygen atoms in total. The van der Waals surface area contributed by atoms with Crippen LogP contribution >= 0.6 is 11.8 Å². The van der Waals surface area contributed by atoms with Crippen molar-refractivity contribution >= 4 is 35.0 Å². The highest BCUT2D eigenvalue weighted by Crippen LogP contribution is 2.22. The van der Waals surface area contributed by atoms with Gasteiger partial charge in [-0.3, -0.25) is 9.59 Å². The summed E-state index contributed by atoms with van der Waals surface area (Å²) in [5.74, 6) is 0.140. The van der Waals surface area contributed by atoms with E-state index >= 15 is 0 Å². The first-order valence-corrected chi connectivity index (χ1v) is 13.0. The molecular formula is C27H27N7O2S. The number of piperazine rings is 1. The van der Waals surface area contributed by atoms with Gasteiger partial charge in [-0.05, 0) is 65.4 Å². The SMILES string of the molecule is Cc1ccccc1C(=O)N1CCN(c2ccc(NC(=O)CSc3nnnn3-c3ccccc3)cc2)CC1. The van der Waals surface area contributed by atoms with E-state index in [-0.39, 0.29) is 17.6 Å². The number of anilines is 2. The molecular weight excluding hydrogens is 486 g/mol. The summed E-state index contributed by atoms with van der Waals surface area (Å²) in [6.45, 7) is 4.83. The highest BCUT2D eigenvalue weighted by molar-refractivity contribution is 7.99. The van der Waals surface area contributed by atoms with E-state index in [0.717, 1.165) is 41.3 Å². The molecule has 5 rings (SSSR count). The van der Waals surface area contributed by atoms with Gasteiger partial charge in [-0.1, -0.05) is 48.2 Å². The standard InChI is InChI=1S/C27H27N7O2S/c1-20-7-5-6-10-24(20)26(36)33-17-15-32(16-18-33)22-13-11-21(12-14-22)28-25(35)19-37-27-29-30-31-34(27)23-8-3-2-4-9-23/h2-14H,15-19H2,1H3,(H,28,35). The van der Waals surface area contributed by atoms with Gasteiger partial charge in [0.15, 0.2) is 0 Å². The van der Waals surface area contributed by atoms with Crippen LogP contribution in [0.1, 0.15) is 15.9 Å². The lowest BCUT2D eigenvalue weighted by atomic mass is 10.1. The quantitative estimate of drug-likeness (QED) is 0.377. The fourth-order valence-electron chi connectivity index (χ4n) is 4.23. The number of nitrogens with zero attached hydrogens (tertiary/aromatic N) is 6. The van der Waals surface area contributed by atoms with Gasteiger partial charge in [0.25, 0.3) is 5.91 Å². The molecule has 3 aromatic carbocycles. The van der Waals surface area contributed by atoms with Crippen molar-refractivity contribution in [2.24, 2.45) is 0 Å². The van der Waals surface area contributed by atoms with Gasteiger partial charge in [0.2, 0.25) is 11.1 Å². The lowest BCUT2D eigenvalue weighted by Crippen LogP contribution is -2.48. The zero-order valence-electron chi connectivity index (χ0n) is 20.4. The number of hydrogen-bond acceptors (Lipinski definition) is 7. The van der Waals surface area contributed by atoms with E-state index in [1.807, 2.05) is 90.7 Å². The minimum absolute atomic E-state index is 0.0893. The Morgan fingerprint density at radius 1 is 0.865 bits per heavy atom. The van der Waals surface area contributed by atoms with E-state index in [2.05, 4.69) is 25.7 Å². The minimum atomic E-state index is -0.135. The smallest absolute Gasteiger partial charge is 0.254 e. The summed E-state index contributed by atoms with van der Waals surface area (Å²) in [6, 6.07) is 25.1. The normalized spacial score (nSPS) is 13.4. The fraction of sp³-hybridized carbons (Fsp3) is 0.222.